The summed E-state index contributed by atoms with van der Waals surface area (Å²) in [6.07, 6.45) is -4.60. The van der Waals surface area contributed by atoms with Crippen LogP contribution < -0.4 is 10.5 Å². The van der Waals surface area contributed by atoms with Crippen LogP contribution >= 0.6 is 0 Å². The van der Waals surface area contributed by atoms with Crippen LogP contribution in [0.15, 0.2) is 6.07 Å². The highest BCUT2D eigenvalue weighted by atomic mass is 19.4. The summed E-state index contributed by atoms with van der Waals surface area (Å²) in [5.74, 6) is -1.14. The molecule has 1 unspecified atom stereocenters. The maximum Gasteiger partial charge on any atom is 0.433 e. The number of ether oxygens (including phenoxy) is 2. The van der Waals surface area contributed by atoms with Gasteiger partial charge in [0.05, 0.1) is 7.11 Å². The van der Waals surface area contributed by atoms with Crippen LogP contribution in [0.3, 0.4) is 0 Å². The molecule has 0 aliphatic carbocycles. The van der Waals surface area contributed by atoms with Gasteiger partial charge < -0.3 is 15.2 Å². The number of rotatable bonds is 4. The largest absolute Gasteiger partial charge is 0.475 e. The zero-order chi connectivity index (χ0) is 14.6. The normalized spacial score (nSPS) is 12.9. The Morgan fingerprint density at radius 3 is 2.63 bits per heavy atom. The molecule has 9 heteroatoms. The number of nitrogens with zero attached hydrogens (tertiary/aromatic N) is 2. The number of esters is 1. The van der Waals surface area contributed by atoms with E-state index in [1.165, 1.54) is 6.92 Å². The van der Waals surface area contributed by atoms with E-state index in [0.29, 0.717) is 6.07 Å². The van der Waals surface area contributed by atoms with Crippen LogP contribution in [0, 0.1) is 6.92 Å². The van der Waals surface area contributed by atoms with E-state index in [4.69, 9.17) is 10.5 Å². The number of methoxy groups -OCH3 is 1. The maximum atomic E-state index is 12.5. The first-order valence-corrected chi connectivity index (χ1v) is 5.13. The molecule has 0 fully saturated rings. The van der Waals surface area contributed by atoms with Crippen molar-refractivity contribution in [3.8, 4) is 5.88 Å². The van der Waals surface area contributed by atoms with Crippen molar-refractivity contribution in [1.29, 1.82) is 0 Å². The second-order valence-electron chi connectivity index (χ2n) is 3.58. The predicted octanol–water partition coefficient (Wildman–Crippen LogP) is 0.683. The van der Waals surface area contributed by atoms with E-state index in [1.807, 2.05) is 0 Å². The van der Waals surface area contributed by atoms with Gasteiger partial charge >= 0.3 is 12.1 Å². The van der Waals surface area contributed by atoms with Crippen molar-refractivity contribution in [2.24, 2.45) is 5.73 Å². The van der Waals surface area contributed by atoms with Crippen LogP contribution in [-0.2, 0) is 15.7 Å². The highest BCUT2D eigenvalue weighted by Gasteiger charge is 2.33. The molecule has 1 rings (SSSR count). The lowest BCUT2D eigenvalue weighted by atomic mass is 10.3. The molecule has 0 aliphatic heterocycles. The van der Waals surface area contributed by atoms with E-state index in [1.54, 1.807) is 0 Å². The van der Waals surface area contributed by atoms with E-state index in [-0.39, 0.29) is 18.3 Å². The number of nitrogens with two attached hydrogens (primary N) is 1. The predicted molar refractivity (Wildman–Crippen MR) is 57.3 cm³/mol. The highest BCUT2D eigenvalue weighted by molar-refractivity contribution is 5.75. The summed E-state index contributed by atoms with van der Waals surface area (Å²) in [4.78, 5) is 17.9. The van der Waals surface area contributed by atoms with Crippen molar-refractivity contribution >= 4 is 5.97 Å². The number of halogens is 3. The number of hydrogen-bond acceptors (Lipinski definition) is 6. The van der Waals surface area contributed by atoms with Gasteiger partial charge in [0.2, 0.25) is 5.88 Å². The molecule has 0 amide bonds. The van der Waals surface area contributed by atoms with Gasteiger partial charge in [0, 0.05) is 6.07 Å². The van der Waals surface area contributed by atoms with Crippen molar-refractivity contribution in [3.05, 3.63) is 17.6 Å². The van der Waals surface area contributed by atoms with Crippen LogP contribution in [0.5, 0.6) is 5.88 Å². The van der Waals surface area contributed by atoms with Gasteiger partial charge in [-0.2, -0.15) is 18.2 Å². The van der Waals surface area contributed by atoms with Crippen molar-refractivity contribution in [2.75, 3.05) is 13.7 Å². The fourth-order valence-electron chi connectivity index (χ4n) is 1.15. The molecule has 1 aromatic rings. The molecule has 19 heavy (non-hydrogen) atoms. The van der Waals surface area contributed by atoms with Gasteiger partial charge in [-0.15, -0.1) is 0 Å². The molecule has 1 aromatic heterocycles. The summed E-state index contributed by atoms with van der Waals surface area (Å²) >= 11 is 0. The molecule has 0 radical (unpaired) electrons. The fraction of sp³-hybridized carbons (Fsp3) is 0.500. The van der Waals surface area contributed by atoms with Gasteiger partial charge in [0.25, 0.3) is 0 Å². The van der Waals surface area contributed by atoms with Crippen molar-refractivity contribution in [1.82, 2.24) is 9.97 Å². The molecule has 106 valence electrons. The molecule has 0 aliphatic rings. The van der Waals surface area contributed by atoms with E-state index in [9.17, 15) is 18.0 Å². The Morgan fingerprint density at radius 2 is 2.11 bits per heavy atom. The van der Waals surface area contributed by atoms with Crippen molar-refractivity contribution in [3.63, 3.8) is 0 Å². The summed E-state index contributed by atoms with van der Waals surface area (Å²) in [5, 5.41) is 0. The third kappa shape index (κ3) is 4.36. The monoisotopic (exact) mass is 279 g/mol. The van der Waals surface area contributed by atoms with E-state index < -0.39 is 23.9 Å². The van der Waals surface area contributed by atoms with E-state index >= 15 is 0 Å². The minimum atomic E-state index is -4.60. The first kappa shape index (κ1) is 15.2. The van der Waals surface area contributed by atoms with Gasteiger partial charge in [0.1, 0.15) is 18.5 Å². The number of carbonyl (C=O) groups is 1. The molecular weight excluding hydrogens is 267 g/mol. The zero-order valence-electron chi connectivity index (χ0n) is 10.2. The van der Waals surface area contributed by atoms with Crippen LogP contribution in [0.25, 0.3) is 0 Å². The smallest absolute Gasteiger partial charge is 0.433 e. The molecule has 1 atom stereocenters. The average Bonchev–Trinajstić information content (AvgIpc) is 2.33. The van der Waals surface area contributed by atoms with E-state index in [2.05, 4.69) is 14.7 Å². The lowest BCUT2D eigenvalue weighted by Gasteiger charge is -2.12. The molecule has 0 bridgehead atoms. The van der Waals surface area contributed by atoms with Gasteiger partial charge in [-0.05, 0) is 6.92 Å². The van der Waals surface area contributed by atoms with Crippen LogP contribution in [0.4, 0.5) is 13.2 Å². The molecule has 1 heterocycles. The summed E-state index contributed by atoms with van der Waals surface area (Å²) in [6, 6.07) is -0.466. The number of carbonyl (C=O) groups excluding carboxylic acids is 1. The molecule has 2 N–H and O–H groups in total. The molecule has 0 saturated heterocycles. The van der Waals surface area contributed by atoms with Gasteiger partial charge in [-0.1, -0.05) is 0 Å². The number of alkyl halides is 3. The standard InChI is InChI=1S/C10H12F3N3O3/c1-5-15-7(10(11,12)13)3-8(16-5)19-4-6(14)9(17)18-2/h3,6H,4,14H2,1-2H3. The van der Waals surface area contributed by atoms with Gasteiger partial charge in [0.15, 0.2) is 5.69 Å². The maximum absolute atomic E-state index is 12.5. The second-order valence-corrected chi connectivity index (χ2v) is 3.58. The Kier molecular flexibility index (Phi) is 4.65. The van der Waals surface area contributed by atoms with Crippen molar-refractivity contribution in [2.45, 2.75) is 19.1 Å². The Bertz CT molecular complexity index is 465. The third-order valence-corrected chi connectivity index (χ3v) is 2.02. The Hall–Kier alpha value is -1.90. The second kappa shape index (κ2) is 5.83. The fourth-order valence-corrected chi connectivity index (χ4v) is 1.15. The van der Waals surface area contributed by atoms with Crippen LogP contribution in [-0.4, -0.2) is 35.7 Å². The topological polar surface area (TPSA) is 87.3 Å². The average molecular weight is 279 g/mol. The van der Waals surface area contributed by atoms with Crippen LogP contribution in [0.2, 0.25) is 0 Å². The minimum Gasteiger partial charge on any atom is -0.475 e. The number of hydrogen-bond donors (Lipinski definition) is 1. The lowest BCUT2D eigenvalue weighted by Crippen LogP contribution is -2.37. The Morgan fingerprint density at radius 1 is 1.47 bits per heavy atom. The Labute approximate surface area is 106 Å². The molecule has 6 nitrogen and oxygen atoms in total. The number of aromatic nitrogens is 2. The molecule has 0 spiro atoms. The highest BCUT2D eigenvalue weighted by Crippen LogP contribution is 2.29. The SMILES string of the molecule is COC(=O)C(N)COc1cc(C(F)(F)F)nc(C)n1. The third-order valence-electron chi connectivity index (χ3n) is 2.02. The summed E-state index contributed by atoms with van der Waals surface area (Å²) in [7, 11) is 1.14. The quantitative estimate of drug-likeness (QED) is 0.816. The molecular formula is C10H12F3N3O3. The summed E-state index contributed by atoms with van der Waals surface area (Å²) in [5.41, 5.74) is 4.25. The molecule has 0 saturated carbocycles. The first-order chi connectivity index (χ1) is 8.74. The minimum absolute atomic E-state index is 0.100. The summed E-state index contributed by atoms with van der Waals surface area (Å²) < 4.78 is 46.7. The summed E-state index contributed by atoms with van der Waals surface area (Å²) in [6.45, 7) is 0.947. The van der Waals surface area contributed by atoms with Gasteiger partial charge in [-0.3, -0.25) is 4.79 Å². The van der Waals surface area contributed by atoms with E-state index in [0.717, 1.165) is 7.11 Å². The van der Waals surface area contributed by atoms with Crippen LogP contribution in [0.1, 0.15) is 11.5 Å². The van der Waals surface area contributed by atoms with Gasteiger partial charge in [-0.25, -0.2) is 4.98 Å². The first-order valence-electron chi connectivity index (χ1n) is 5.13. The number of aryl methyl sites for hydroxylation is 1. The Balaban J connectivity index is 2.79. The lowest BCUT2D eigenvalue weighted by molar-refractivity contribution is -0.143. The van der Waals surface area contributed by atoms with Crippen molar-refractivity contribution < 1.29 is 27.4 Å². The zero-order valence-corrected chi connectivity index (χ0v) is 10.2. The molecule has 0 aromatic carbocycles.